The third-order valence-corrected chi connectivity index (χ3v) is 2.63. The highest BCUT2D eigenvalue weighted by molar-refractivity contribution is 4.48. The average molecular weight is 199 g/mol. The van der Waals surface area contributed by atoms with Crippen LogP contribution >= 0.6 is 0 Å². The molecular formula is C12H27N2. The summed E-state index contributed by atoms with van der Waals surface area (Å²) >= 11 is 0. The molecule has 2 nitrogen and oxygen atoms in total. The van der Waals surface area contributed by atoms with Gasteiger partial charge in [-0.1, -0.05) is 51.4 Å². The van der Waals surface area contributed by atoms with E-state index in [-0.39, 0.29) is 0 Å². The lowest BCUT2D eigenvalue weighted by Crippen LogP contribution is -1.97. The zero-order chi connectivity index (χ0) is 10.5. The molecule has 0 aliphatic carbocycles. The lowest BCUT2D eigenvalue weighted by Gasteiger charge is -2.01. The molecule has 0 fully saturated rings. The van der Waals surface area contributed by atoms with Gasteiger partial charge in [-0.25, -0.2) is 0 Å². The highest BCUT2D eigenvalue weighted by atomic mass is 14.5. The second-order valence-corrected chi connectivity index (χ2v) is 4.07. The molecule has 2 heteroatoms. The first-order chi connectivity index (χ1) is 6.91. The van der Waals surface area contributed by atoms with E-state index in [0.717, 1.165) is 13.0 Å². The van der Waals surface area contributed by atoms with Crippen LogP contribution in [0.5, 0.6) is 0 Å². The Kier molecular flexibility index (Phi) is 12.8. The van der Waals surface area contributed by atoms with E-state index in [0.29, 0.717) is 6.54 Å². The van der Waals surface area contributed by atoms with Crippen LogP contribution in [0.2, 0.25) is 0 Å². The van der Waals surface area contributed by atoms with Gasteiger partial charge in [-0.3, -0.25) is 5.73 Å². The van der Waals surface area contributed by atoms with Gasteiger partial charge in [0, 0.05) is 6.54 Å². The maximum Gasteiger partial charge on any atom is 0.00997 e. The summed E-state index contributed by atoms with van der Waals surface area (Å²) in [7, 11) is 0. The minimum Gasteiger partial charge on any atom is -0.330 e. The predicted molar refractivity (Wildman–Crippen MR) is 63.2 cm³/mol. The quantitative estimate of drug-likeness (QED) is 0.511. The molecule has 0 amide bonds. The second-order valence-electron chi connectivity index (χ2n) is 4.07. The minimum atomic E-state index is 0.610. The van der Waals surface area contributed by atoms with E-state index in [1.165, 1.54) is 57.8 Å². The molecule has 1 radical (unpaired) electrons. The number of nitrogens with one attached hydrogen (secondary N) is 1. The van der Waals surface area contributed by atoms with Crippen LogP contribution in [-0.2, 0) is 0 Å². The van der Waals surface area contributed by atoms with Crippen molar-refractivity contribution in [3.05, 3.63) is 0 Å². The normalized spacial score (nSPS) is 10.7. The highest BCUT2D eigenvalue weighted by Gasteiger charge is 1.91. The van der Waals surface area contributed by atoms with E-state index in [1.54, 1.807) is 0 Å². The standard InChI is InChI=1S/C12H27N2/c13-11-9-7-5-3-1-2-4-6-8-10-12-14/h13H,1-12,14H2. The van der Waals surface area contributed by atoms with Crippen molar-refractivity contribution >= 4 is 0 Å². The zero-order valence-electron chi connectivity index (χ0n) is 9.56. The molecule has 0 bridgehead atoms. The first-order valence-corrected chi connectivity index (χ1v) is 6.26. The molecule has 0 unspecified atom stereocenters. The van der Waals surface area contributed by atoms with E-state index in [2.05, 4.69) is 0 Å². The Bertz CT molecular complexity index is 82.3. The molecule has 14 heavy (non-hydrogen) atoms. The van der Waals surface area contributed by atoms with Crippen LogP contribution in [0.15, 0.2) is 0 Å². The van der Waals surface area contributed by atoms with Crippen LogP contribution in [0.1, 0.15) is 64.2 Å². The summed E-state index contributed by atoms with van der Waals surface area (Å²) in [6.07, 6.45) is 13.1. The van der Waals surface area contributed by atoms with Crippen LogP contribution in [0, 0.1) is 0 Å². The van der Waals surface area contributed by atoms with Crippen LogP contribution in [0.3, 0.4) is 0 Å². The Morgan fingerprint density at radius 3 is 1.29 bits per heavy atom. The lowest BCUT2D eigenvalue weighted by atomic mass is 10.1. The van der Waals surface area contributed by atoms with Gasteiger partial charge in [0.2, 0.25) is 0 Å². The molecule has 0 aromatic carbocycles. The maximum absolute atomic E-state index is 7.00. The van der Waals surface area contributed by atoms with Gasteiger partial charge in [0.1, 0.15) is 0 Å². The van der Waals surface area contributed by atoms with Gasteiger partial charge in [0.05, 0.1) is 0 Å². The minimum absolute atomic E-state index is 0.610. The van der Waals surface area contributed by atoms with Crippen molar-refractivity contribution in [1.29, 1.82) is 0 Å². The van der Waals surface area contributed by atoms with Gasteiger partial charge >= 0.3 is 0 Å². The van der Waals surface area contributed by atoms with Crippen LogP contribution in [0.4, 0.5) is 0 Å². The topological polar surface area (TPSA) is 49.8 Å². The van der Waals surface area contributed by atoms with E-state index >= 15 is 0 Å². The molecule has 0 aromatic heterocycles. The van der Waals surface area contributed by atoms with E-state index in [4.69, 9.17) is 11.5 Å². The molecule has 0 heterocycles. The molecule has 0 atom stereocenters. The van der Waals surface area contributed by atoms with Gasteiger partial charge in [0.25, 0.3) is 0 Å². The Morgan fingerprint density at radius 2 is 0.929 bits per heavy atom. The summed E-state index contributed by atoms with van der Waals surface area (Å²) in [5, 5.41) is 0. The van der Waals surface area contributed by atoms with Crippen molar-refractivity contribution in [2.45, 2.75) is 64.2 Å². The zero-order valence-corrected chi connectivity index (χ0v) is 9.56. The first kappa shape index (κ1) is 13.9. The molecule has 0 aromatic rings. The summed E-state index contributed by atoms with van der Waals surface area (Å²) in [5.41, 5.74) is 12.4. The monoisotopic (exact) mass is 199 g/mol. The van der Waals surface area contributed by atoms with Crippen LogP contribution < -0.4 is 11.5 Å². The van der Waals surface area contributed by atoms with Crippen molar-refractivity contribution in [3.63, 3.8) is 0 Å². The Balaban J connectivity index is 2.78. The van der Waals surface area contributed by atoms with Crippen molar-refractivity contribution in [2.75, 3.05) is 13.1 Å². The third kappa shape index (κ3) is 11.9. The van der Waals surface area contributed by atoms with Gasteiger partial charge in [0.15, 0.2) is 0 Å². The Morgan fingerprint density at radius 1 is 0.571 bits per heavy atom. The number of unbranched alkanes of at least 4 members (excludes halogenated alkanes) is 9. The third-order valence-electron chi connectivity index (χ3n) is 2.63. The molecule has 0 rings (SSSR count). The number of nitrogens with two attached hydrogens (primary N) is 1. The molecule has 0 saturated heterocycles. The van der Waals surface area contributed by atoms with Crippen molar-refractivity contribution < 1.29 is 0 Å². The summed E-state index contributed by atoms with van der Waals surface area (Å²) in [6, 6.07) is 0. The average Bonchev–Trinajstić information content (AvgIpc) is 2.21. The van der Waals surface area contributed by atoms with Gasteiger partial charge in [-0.05, 0) is 19.4 Å². The van der Waals surface area contributed by atoms with Gasteiger partial charge in [-0.2, -0.15) is 0 Å². The van der Waals surface area contributed by atoms with Gasteiger partial charge < -0.3 is 5.73 Å². The second kappa shape index (κ2) is 12.9. The molecule has 85 valence electrons. The van der Waals surface area contributed by atoms with Crippen LogP contribution in [0.25, 0.3) is 0 Å². The molecule has 3 N–H and O–H groups in total. The number of hydrogen-bond acceptors (Lipinski definition) is 1. The lowest BCUT2D eigenvalue weighted by molar-refractivity contribution is 0.553. The fourth-order valence-corrected chi connectivity index (χ4v) is 1.68. The Labute approximate surface area is 89.4 Å². The van der Waals surface area contributed by atoms with Crippen molar-refractivity contribution in [3.8, 4) is 0 Å². The van der Waals surface area contributed by atoms with Crippen LogP contribution in [-0.4, -0.2) is 13.1 Å². The summed E-state index contributed by atoms with van der Waals surface area (Å²) in [4.78, 5) is 0. The fraction of sp³-hybridized carbons (Fsp3) is 1.00. The molecule has 0 saturated carbocycles. The van der Waals surface area contributed by atoms with E-state index in [9.17, 15) is 0 Å². The van der Waals surface area contributed by atoms with Crippen molar-refractivity contribution in [2.24, 2.45) is 5.73 Å². The SMILES string of the molecule is [NH]CCCCCCCCCCCCN. The molecular weight excluding hydrogens is 172 g/mol. The smallest absolute Gasteiger partial charge is 0.00997 e. The highest BCUT2D eigenvalue weighted by Crippen LogP contribution is 2.09. The molecule has 0 spiro atoms. The van der Waals surface area contributed by atoms with Crippen molar-refractivity contribution in [1.82, 2.24) is 5.73 Å². The predicted octanol–water partition coefficient (Wildman–Crippen LogP) is 3.13. The Hall–Kier alpha value is -0.0800. The largest absolute Gasteiger partial charge is 0.330 e. The summed E-state index contributed by atoms with van der Waals surface area (Å²) in [6.45, 7) is 1.46. The summed E-state index contributed by atoms with van der Waals surface area (Å²) in [5.74, 6) is 0. The molecule has 0 aliphatic rings. The first-order valence-electron chi connectivity index (χ1n) is 6.26. The van der Waals surface area contributed by atoms with E-state index in [1.807, 2.05) is 0 Å². The fourth-order valence-electron chi connectivity index (χ4n) is 1.68. The number of hydrogen-bond donors (Lipinski definition) is 1. The molecule has 0 aliphatic heterocycles. The van der Waals surface area contributed by atoms with E-state index < -0.39 is 0 Å². The summed E-state index contributed by atoms with van der Waals surface area (Å²) < 4.78 is 0. The number of rotatable bonds is 11. The van der Waals surface area contributed by atoms with Gasteiger partial charge in [-0.15, -0.1) is 0 Å². The maximum atomic E-state index is 7.00.